The lowest BCUT2D eigenvalue weighted by Crippen LogP contribution is -2.37. The molecule has 132 valence electrons. The van der Waals surface area contributed by atoms with Crippen LogP contribution in [0.2, 0.25) is 0 Å². The predicted molar refractivity (Wildman–Crippen MR) is 91.6 cm³/mol. The van der Waals surface area contributed by atoms with Gasteiger partial charge in [-0.3, -0.25) is 9.59 Å². The van der Waals surface area contributed by atoms with Gasteiger partial charge in [-0.25, -0.2) is 0 Å². The number of ether oxygens (including phenoxy) is 3. The second-order valence-electron chi connectivity index (χ2n) is 5.34. The first-order chi connectivity index (χ1) is 11.6. The summed E-state index contributed by atoms with van der Waals surface area (Å²) < 4.78 is 15.9. The van der Waals surface area contributed by atoms with Crippen LogP contribution in [0.3, 0.4) is 0 Å². The summed E-state index contributed by atoms with van der Waals surface area (Å²) in [6.45, 7) is 4.84. The molecule has 1 N–H and O–H groups in total. The van der Waals surface area contributed by atoms with Crippen molar-refractivity contribution in [2.45, 2.75) is 37.6 Å². The Bertz CT molecular complexity index is 574. The maximum Gasteiger partial charge on any atom is 0.316 e. The van der Waals surface area contributed by atoms with Crippen molar-refractivity contribution in [3.63, 3.8) is 0 Å². The number of nitrogens with one attached hydrogen (secondary N) is 1. The van der Waals surface area contributed by atoms with Gasteiger partial charge >= 0.3 is 5.97 Å². The Morgan fingerprint density at radius 2 is 1.92 bits per heavy atom. The van der Waals surface area contributed by atoms with Gasteiger partial charge in [-0.15, -0.1) is 11.8 Å². The summed E-state index contributed by atoms with van der Waals surface area (Å²) in [5.74, 6) is 0.851. The van der Waals surface area contributed by atoms with Crippen LogP contribution in [0.1, 0.15) is 26.7 Å². The summed E-state index contributed by atoms with van der Waals surface area (Å²) in [7, 11) is 0. The third-order valence-corrected chi connectivity index (χ3v) is 4.55. The van der Waals surface area contributed by atoms with Gasteiger partial charge in [0, 0.05) is 10.9 Å². The highest BCUT2D eigenvalue weighted by Crippen LogP contribution is 2.34. The third kappa shape index (κ3) is 5.63. The van der Waals surface area contributed by atoms with Crippen LogP contribution >= 0.6 is 11.8 Å². The van der Waals surface area contributed by atoms with E-state index in [0.717, 1.165) is 17.7 Å². The Kier molecular flexibility index (Phi) is 7.24. The first-order valence-corrected chi connectivity index (χ1v) is 9.08. The van der Waals surface area contributed by atoms with E-state index in [2.05, 4.69) is 5.32 Å². The fourth-order valence-corrected chi connectivity index (χ4v) is 2.93. The van der Waals surface area contributed by atoms with Crippen LogP contribution < -0.4 is 14.8 Å². The largest absolute Gasteiger partial charge is 0.486 e. The third-order valence-electron chi connectivity index (χ3n) is 3.59. The summed E-state index contributed by atoms with van der Waals surface area (Å²) in [6.07, 6.45) is 1.71. The maximum absolute atomic E-state index is 11.8. The van der Waals surface area contributed by atoms with Gasteiger partial charge in [0.1, 0.15) is 13.2 Å². The number of rotatable bonds is 8. The zero-order chi connectivity index (χ0) is 17.4. The zero-order valence-electron chi connectivity index (χ0n) is 14.0. The Labute approximate surface area is 146 Å². The summed E-state index contributed by atoms with van der Waals surface area (Å²) in [5.41, 5.74) is 0. The van der Waals surface area contributed by atoms with Gasteiger partial charge in [0.05, 0.1) is 5.75 Å². The van der Waals surface area contributed by atoms with Crippen molar-refractivity contribution in [1.82, 2.24) is 5.32 Å². The number of amides is 1. The van der Waals surface area contributed by atoms with E-state index in [1.807, 2.05) is 32.0 Å². The maximum atomic E-state index is 11.8. The zero-order valence-corrected chi connectivity index (χ0v) is 14.8. The van der Waals surface area contributed by atoms with Crippen molar-refractivity contribution in [3.05, 3.63) is 18.2 Å². The van der Waals surface area contributed by atoms with Gasteiger partial charge in [-0.2, -0.15) is 0 Å². The fraction of sp³-hybridized carbons (Fsp3) is 0.529. The first kappa shape index (κ1) is 18.4. The van der Waals surface area contributed by atoms with E-state index in [1.54, 1.807) is 0 Å². The molecule has 0 radical (unpaired) electrons. The van der Waals surface area contributed by atoms with Crippen LogP contribution in [-0.2, 0) is 14.3 Å². The normalized spacial score (nSPS) is 12.8. The van der Waals surface area contributed by atoms with Crippen molar-refractivity contribution < 1.29 is 23.8 Å². The molecule has 0 saturated heterocycles. The SMILES string of the molecule is CCC(CC)NC(=O)COC(=O)CSc1ccc2c(c1)OCCO2. The number of fused-ring (bicyclic) bond motifs is 1. The van der Waals surface area contributed by atoms with Gasteiger partial charge in [-0.05, 0) is 31.0 Å². The van der Waals surface area contributed by atoms with Gasteiger partial charge < -0.3 is 19.5 Å². The molecular formula is C17H23NO5S. The van der Waals surface area contributed by atoms with E-state index < -0.39 is 5.97 Å². The monoisotopic (exact) mass is 353 g/mol. The standard InChI is InChI=1S/C17H23NO5S/c1-3-12(4-2)18-16(19)10-23-17(20)11-24-13-5-6-14-15(9-13)22-8-7-21-14/h5-6,9,12H,3-4,7-8,10-11H2,1-2H3,(H,18,19). The van der Waals surface area contributed by atoms with E-state index in [1.165, 1.54) is 11.8 Å². The highest BCUT2D eigenvalue weighted by molar-refractivity contribution is 8.00. The fourth-order valence-electron chi connectivity index (χ4n) is 2.21. The molecule has 1 amide bonds. The molecule has 6 nitrogen and oxygen atoms in total. The molecular weight excluding hydrogens is 330 g/mol. The van der Waals surface area contributed by atoms with Crippen LogP contribution in [0.5, 0.6) is 11.5 Å². The second kappa shape index (κ2) is 9.42. The Hall–Kier alpha value is -1.89. The minimum absolute atomic E-state index is 0.128. The van der Waals surface area contributed by atoms with Gasteiger partial charge in [0.15, 0.2) is 18.1 Å². The highest BCUT2D eigenvalue weighted by atomic mass is 32.2. The number of carbonyl (C=O) groups is 2. The predicted octanol–water partition coefficient (Wildman–Crippen LogP) is 2.40. The molecule has 0 bridgehead atoms. The van der Waals surface area contributed by atoms with E-state index in [-0.39, 0.29) is 24.3 Å². The van der Waals surface area contributed by atoms with Crippen molar-refractivity contribution in [2.24, 2.45) is 0 Å². The molecule has 1 aliphatic rings. The van der Waals surface area contributed by atoms with Crippen LogP contribution in [-0.4, -0.2) is 43.5 Å². The van der Waals surface area contributed by atoms with E-state index in [9.17, 15) is 9.59 Å². The second-order valence-corrected chi connectivity index (χ2v) is 6.38. The van der Waals surface area contributed by atoms with Crippen molar-refractivity contribution in [2.75, 3.05) is 25.6 Å². The number of hydrogen-bond donors (Lipinski definition) is 1. The van der Waals surface area contributed by atoms with Gasteiger partial charge in [-0.1, -0.05) is 13.8 Å². The number of hydrogen-bond acceptors (Lipinski definition) is 6. The summed E-state index contributed by atoms with van der Waals surface area (Å²) in [6, 6.07) is 5.66. The molecule has 0 aromatic heterocycles. The molecule has 1 aliphatic heterocycles. The van der Waals surface area contributed by atoms with Crippen LogP contribution in [0, 0.1) is 0 Å². The molecule has 0 saturated carbocycles. The molecule has 7 heteroatoms. The molecule has 1 heterocycles. The van der Waals surface area contributed by atoms with Crippen LogP contribution in [0.25, 0.3) is 0 Å². The average molecular weight is 353 g/mol. The lowest BCUT2D eigenvalue weighted by molar-refractivity contribution is -0.146. The van der Waals surface area contributed by atoms with Crippen molar-refractivity contribution >= 4 is 23.6 Å². The summed E-state index contributed by atoms with van der Waals surface area (Å²) >= 11 is 1.33. The molecule has 0 atom stereocenters. The van der Waals surface area contributed by atoms with Crippen molar-refractivity contribution in [1.29, 1.82) is 0 Å². The summed E-state index contributed by atoms with van der Waals surface area (Å²) in [4.78, 5) is 24.3. The molecule has 0 spiro atoms. The minimum Gasteiger partial charge on any atom is -0.486 e. The van der Waals surface area contributed by atoms with Gasteiger partial charge in [0.2, 0.25) is 0 Å². The molecule has 2 rings (SSSR count). The summed E-state index contributed by atoms with van der Waals surface area (Å²) in [5, 5.41) is 2.83. The lowest BCUT2D eigenvalue weighted by atomic mass is 10.2. The number of esters is 1. The van der Waals surface area contributed by atoms with E-state index in [4.69, 9.17) is 14.2 Å². The Morgan fingerprint density at radius 3 is 2.62 bits per heavy atom. The minimum atomic E-state index is -0.422. The van der Waals surface area contributed by atoms with E-state index >= 15 is 0 Å². The van der Waals surface area contributed by atoms with Crippen molar-refractivity contribution in [3.8, 4) is 11.5 Å². The molecule has 1 aromatic carbocycles. The molecule has 0 fully saturated rings. The number of benzene rings is 1. The molecule has 0 aliphatic carbocycles. The Balaban J connectivity index is 1.72. The molecule has 0 unspecified atom stereocenters. The lowest BCUT2D eigenvalue weighted by Gasteiger charge is -2.18. The topological polar surface area (TPSA) is 73.9 Å². The van der Waals surface area contributed by atoms with E-state index in [0.29, 0.717) is 24.7 Å². The number of thioether (sulfide) groups is 1. The first-order valence-electron chi connectivity index (χ1n) is 8.09. The number of carbonyl (C=O) groups excluding carboxylic acids is 2. The van der Waals surface area contributed by atoms with Crippen LogP contribution in [0.4, 0.5) is 0 Å². The molecule has 24 heavy (non-hydrogen) atoms. The van der Waals surface area contributed by atoms with Gasteiger partial charge in [0.25, 0.3) is 5.91 Å². The highest BCUT2D eigenvalue weighted by Gasteiger charge is 2.14. The quantitative estimate of drug-likeness (QED) is 0.571. The smallest absolute Gasteiger partial charge is 0.316 e. The molecule has 1 aromatic rings. The Morgan fingerprint density at radius 1 is 1.21 bits per heavy atom. The van der Waals surface area contributed by atoms with Crippen LogP contribution in [0.15, 0.2) is 23.1 Å². The average Bonchev–Trinajstić information content (AvgIpc) is 2.62.